The van der Waals surface area contributed by atoms with E-state index in [0.717, 1.165) is 0 Å². The van der Waals surface area contributed by atoms with E-state index in [1.807, 2.05) is 13.8 Å². The van der Waals surface area contributed by atoms with Crippen molar-refractivity contribution in [2.45, 2.75) is 33.8 Å². The number of hydrogen-bond acceptors (Lipinski definition) is 2. The first-order valence-electron chi connectivity index (χ1n) is 4.53. The molecule has 0 radical (unpaired) electrons. The van der Waals surface area contributed by atoms with Gasteiger partial charge >= 0.3 is 0 Å². The minimum atomic E-state index is -0.495. The number of rotatable bonds is 0. The van der Waals surface area contributed by atoms with Gasteiger partial charge in [-0.3, -0.25) is 4.79 Å². The molecule has 2 fully saturated rings. The second kappa shape index (κ2) is 1.77. The molecule has 0 bridgehead atoms. The number of Topliss-reactive ketones (excluding diaryl/α,β-unsaturated/α-hetero) is 1. The van der Waals surface area contributed by atoms with Crippen molar-refractivity contribution in [3.05, 3.63) is 0 Å². The maximum absolute atomic E-state index is 11.7. The molecule has 0 amide bonds. The number of aliphatic hydroxyl groups excluding tert-OH is 1. The van der Waals surface area contributed by atoms with Crippen LogP contribution < -0.4 is 0 Å². The quantitative estimate of drug-likeness (QED) is 0.590. The molecule has 1 N–H and O–H groups in total. The first-order valence-corrected chi connectivity index (χ1v) is 4.53. The Morgan fingerprint density at radius 1 is 1.25 bits per heavy atom. The lowest BCUT2D eigenvalue weighted by atomic mass is 9.79. The van der Waals surface area contributed by atoms with Crippen LogP contribution in [0.15, 0.2) is 0 Å². The highest BCUT2D eigenvalue weighted by Crippen LogP contribution is 2.69. The zero-order chi connectivity index (χ0) is 9.31. The molecule has 2 heteroatoms. The molecule has 0 saturated heterocycles. The molecule has 2 aliphatic carbocycles. The zero-order valence-corrected chi connectivity index (χ0v) is 8.09. The van der Waals surface area contributed by atoms with Crippen LogP contribution in [-0.2, 0) is 4.79 Å². The molecule has 2 aliphatic rings. The first kappa shape index (κ1) is 8.24. The second-order valence-electron chi connectivity index (χ2n) is 5.36. The van der Waals surface area contributed by atoms with Crippen LogP contribution in [0.5, 0.6) is 0 Å². The average Bonchev–Trinajstić information content (AvgIpc) is 2.42. The summed E-state index contributed by atoms with van der Waals surface area (Å²) >= 11 is 0. The lowest BCUT2D eigenvalue weighted by Gasteiger charge is -2.27. The van der Waals surface area contributed by atoms with Gasteiger partial charge < -0.3 is 5.11 Å². The van der Waals surface area contributed by atoms with Crippen LogP contribution in [0.25, 0.3) is 0 Å². The van der Waals surface area contributed by atoms with Crippen LogP contribution in [0.3, 0.4) is 0 Å². The van der Waals surface area contributed by atoms with Crippen molar-refractivity contribution in [3.8, 4) is 0 Å². The molecule has 12 heavy (non-hydrogen) atoms. The smallest absolute Gasteiger partial charge is 0.145 e. The summed E-state index contributed by atoms with van der Waals surface area (Å²) in [5.41, 5.74) is -0.434. The predicted molar refractivity (Wildman–Crippen MR) is 45.6 cm³/mol. The van der Waals surface area contributed by atoms with E-state index >= 15 is 0 Å². The Morgan fingerprint density at radius 2 is 1.75 bits per heavy atom. The van der Waals surface area contributed by atoms with E-state index in [-0.39, 0.29) is 23.0 Å². The van der Waals surface area contributed by atoms with Gasteiger partial charge in [-0.2, -0.15) is 0 Å². The number of carbonyl (C=O) groups excluding carboxylic acids is 1. The summed E-state index contributed by atoms with van der Waals surface area (Å²) in [5.74, 6) is 0.604. The first-order chi connectivity index (χ1) is 5.31. The van der Waals surface area contributed by atoms with Gasteiger partial charge in [0.2, 0.25) is 0 Å². The van der Waals surface area contributed by atoms with E-state index in [1.54, 1.807) is 0 Å². The summed E-state index contributed by atoms with van der Waals surface area (Å²) < 4.78 is 0. The topological polar surface area (TPSA) is 37.3 Å². The highest BCUT2D eigenvalue weighted by molar-refractivity contribution is 5.94. The second-order valence-corrected chi connectivity index (χ2v) is 5.36. The Balaban J connectivity index is 2.34. The largest absolute Gasteiger partial charge is 0.392 e. The number of ketones is 1. The molecule has 0 aliphatic heterocycles. The molecule has 0 aromatic carbocycles. The minimum Gasteiger partial charge on any atom is -0.392 e. The van der Waals surface area contributed by atoms with Crippen LogP contribution >= 0.6 is 0 Å². The molecule has 2 saturated carbocycles. The van der Waals surface area contributed by atoms with Gasteiger partial charge in [0.1, 0.15) is 5.78 Å². The number of hydrogen-bond donors (Lipinski definition) is 1. The zero-order valence-electron chi connectivity index (χ0n) is 8.09. The molecular formula is C10H16O2. The molecule has 0 spiro atoms. The van der Waals surface area contributed by atoms with Crippen molar-refractivity contribution >= 4 is 5.78 Å². The van der Waals surface area contributed by atoms with Crippen LogP contribution in [0.1, 0.15) is 27.7 Å². The highest BCUT2D eigenvalue weighted by atomic mass is 16.3. The molecule has 0 aromatic heterocycles. The van der Waals surface area contributed by atoms with Crippen molar-refractivity contribution in [2.75, 3.05) is 0 Å². The standard InChI is InChI=1S/C10H16O2/c1-9(2)5-6(9)8(12)10(3,4)7(5)11/h5-7,11H,1-4H3/t5-,6+,7+/m0/s1. The van der Waals surface area contributed by atoms with Crippen LogP contribution in [0, 0.1) is 22.7 Å². The summed E-state index contributed by atoms with van der Waals surface area (Å²) in [6.45, 7) is 7.84. The Hall–Kier alpha value is -0.370. The molecule has 2 nitrogen and oxygen atoms in total. The summed E-state index contributed by atoms with van der Waals surface area (Å²) in [4.78, 5) is 11.7. The van der Waals surface area contributed by atoms with Gasteiger partial charge in [-0.05, 0) is 5.41 Å². The number of fused-ring (bicyclic) bond motifs is 1. The predicted octanol–water partition coefficient (Wildman–Crippen LogP) is 1.23. The molecule has 0 heterocycles. The van der Waals surface area contributed by atoms with Crippen molar-refractivity contribution in [1.29, 1.82) is 0 Å². The van der Waals surface area contributed by atoms with Gasteiger partial charge in [-0.25, -0.2) is 0 Å². The Kier molecular flexibility index (Phi) is 1.21. The van der Waals surface area contributed by atoms with Gasteiger partial charge in [0.25, 0.3) is 0 Å². The molecule has 68 valence electrons. The lowest BCUT2D eigenvalue weighted by molar-refractivity contribution is -0.131. The van der Waals surface area contributed by atoms with Gasteiger partial charge in [-0.15, -0.1) is 0 Å². The van der Waals surface area contributed by atoms with Crippen LogP contribution in [0.2, 0.25) is 0 Å². The highest BCUT2D eigenvalue weighted by Gasteiger charge is 2.74. The number of carbonyl (C=O) groups is 1. The normalized spacial score (nSPS) is 47.4. The summed E-state index contributed by atoms with van der Waals surface area (Å²) in [7, 11) is 0. The summed E-state index contributed by atoms with van der Waals surface area (Å²) in [5, 5.41) is 9.85. The fraction of sp³-hybridized carbons (Fsp3) is 0.900. The monoisotopic (exact) mass is 168 g/mol. The van der Waals surface area contributed by atoms with E-state index in [1.165, 1.54) is 0 Å². The fourth-order valence-electron chi connectivity index (χ4n) is 2.76. The van der Waals surface area contributed by atoms with E-state index in [4.69, 9.17) is 0 Å². The van der Waals surface area contributed by atoms with Crippen molar-refractivity contribution in [2.24, 2.45) is 22.7 Å². The van der Waals surface area contributed by atoms with E-state index in [0.29, 0.717) is 0 Å². The van der Waals surface area contributed by atoms with E-state index in [9.17, 15) is 9.90 Å². The third-order valence-corrected chi connectivity index (χ3v) is 3.91. The van der Waals surface area contributed by atoms with Gasteiger partial charge in [0.05, 0.1) is 6.10 Å². The lowest BCUT2D eigenvalue weighted by Crippen LogP contribution is -2.36. The molecule has 3 atom stereocenters. The molecule has 0 unspecified atom stereocenters. The SMILES string of the molecule is CC1(C)C(=O)[C@H]2[C@@H]([C@H]1O)C2(C)C. The van der Waals surface area contributed by atoms with Gasteiger partial charge in [0, 0.05) is 17.3 Å². The van der Waals surface area contributed by atoms with Crippen molar-refractivity contribution < 1.29 is 9.90 Å². The fourth-order valence-corrected chi connectivity index (χ4v) is 2.76. The minimum absolute atomic E-state index is 0.0615. The summed E-state index contributed by atoms with van der Waals surface area (Å²) in [6.07, 6.45) is -0.426. The Bertz CT molecular complexity index is 253. The average molecular weight is 168 g/mol. The molecular weight excluding hydrogens is 152 g/mol. The van der Waals surface area contributed by atoms with Gasteiger partial charge in [-0.1, -0.05) is 27.7 Å². The van der Waals surface area contributed by atoms with Crippen molar-refractivity contribution in [3.63, 3.8) is 0 Å². The van der Waals surface area contributed by atoms with Gasteiger partial charge in [0.15, 0.2) is 0 Å². The Morgan fingerprint density at radius 3 is 2.00 bits per heavy atom. The summed E-state index contributed by atoms with van der Waals surface area (Å²) in [6, 6.07) is 0. The van der Waals surface area contributed by atoms with Crippen LogP contribution in [0.4, 0.5) is 0 Å². The Labute approximate surface area is 73.0 Å². The van der Waals surface area contributed by atoms with E-state index in [2.05, 4.69) is 13.8 Å². The maximum Gasteiger partial charge on any atom is 0.145 e. The van der Waals surface area contributed by atoms with Crippen molar-refractivity contribution in [1.82, 2.24) is 0 Å². The molecule has 0 aromatic rings. The number of aliphatic hydroxyl groups is 1. The maximum atomic E-state index is 11.7. The third-order valence-electron chi connectivity index (χ3n) is 3.91. The van der Waals surface area contributed by atoms with E-state index < -0.39 is 11.5 Å². The third kappa shape index (κ3) is 0.634. The molecule has 2 rings (SSSR count). The van der Waals surface area contributed by atoms with Crippen LogP contribution in [-0.4, -0.2) is 17.0 Å².